The number of nitrogens with zero attached hydrogens (tertiary/aromatic N) is 3. The predicted octanol–water partition coefficient (Wildman–Crippen LogP) is 4.51. The van der Waals surface area contributed by atoms with Gasteiger partial charge in [0.25, 0.3) is 0 Å². The van der Waals surface area contributed by atoms with Gasteiger partial charge < -0.3 is 19.5 Å². The Morgan fingerprint density at radius 3 is 2.86 bits per heavy atom. The van der Waals surface area contributed by atoms with E-state index in [9.17, 15) is 9.18 Å². The molecule has 1 atom stereocenters. The number of benzene rings is 1. The monoisotopic (exact) mass is 478 g/mol. The summed E-state index contributed by atoms with van der Waals surface area (Å²) in [5, 5.41) is 4.66. The number of aryl methyl sites for hydroxylation is 1. The Bertz CT molecular complexity index is 1230. The molecular weight excluding hydrogens is 443 g/mol. The number of pyridine rings is 1. The van der Waals surface area contributed by atoms with Crippen LogP contribution in [0.15, 0.2) is 36.8 Å². The van der Waals surface area contributed by atoms with Crippen LogP contribution < -0.4 is 5.32 Å². The Hall–Kier alpha value is -2.77. The van der Waals surface area contributed by atoms with Gasteiger partial charge in [0.05, 0.1) is 30.1 Å². The van der Waals surface area contributed by atoms with Crippen molar-refractivity contribution >= 4 is 16.9 Å². The first-order valence-electron chi connectivity index (χ1n) is 12.6. The average molecular weight is 479 g/mol. The molecule has 0 saturated carbocycles. The highest BCUT2D eigenvalue weighted by atomic mass is 19.1. The Labute approximate surface area is 206 Å². The van der Waals surface area contributed by atoms with E-state index in [4.69, 9.17) is 4.74 Å². The second-order valence-corrected chi connectivity index (χ2v) is 10.7. The molecule has 186 valence electrons. The zero-order valence-electron chi connectivity index (χ0n) is 20.9. The van der Waals surface area contributed by atoms with E-state index in [1.54, 1.807) is 6.07 Å². The number of methoxy groups -OCH3 is 1. The summed E-state index contributed by atoms with van der Waals surface area (Å²) in [7, 11) is 1.32. The van der Waals surface area contributed by atoms with E-state index in [0.717, 1.165) is 43.7 Å². The molecule has 0 bridgehead atoms. The number of fused-ring (bicyclic) bond motifs is 1. The normalized spacial score (nSPS) is 20.4. The molecule has 1 N–H and O–H groups in total. The molecule has 7 heteroatoms. The molecule has 0 unspecified atom stereocenters. The van der Waals surface area contributed by atoms with Crippen molar-refractivity contribution < 1.29 is 13.9 Å². The lowest BCUT2D eigenvalue weighted by atomic mass is 9.80. The number of esters is 1. The maximum Gasteiger partial charge on any atom is 0.340 e. The minimum Gasteiger partial charge on any atom is -0.465 e. The average Bonchev–Trinajstić information content (AvgIpc) is 3.43. The van der Waals surface area contributed by atoms with E-state index in [2.05, 4.69) is 35.2 Å². The van der Waals surface area contributed by atoms with Crippen LogP contribution in [0.5, 0.6) is 0 Å². The Morgan fingerprint density at radius 1 is 1.29 bits per heavy atom. The number of ether oxygens (including phenoxy) is 1. The van der Waals surface area contributed by atoms with Gasteiger partial charge in [-0.2, -0.15) is 0 Å². The van der Waals surface area contributed by atoms with Crippen LogP contribution >= 0.6 is 0 Å². The smallest absolute Gasteiger partial charge is 0.340 e. The van der Waals surface area contributed by atoms with Crippen LogP contribution in [0.3, 0.4) is 0 Å². The molecule has 2 aliphatic heterocycles. The van der Waals surface area contributed by atoms with E-state index in [0.29, 0.717) is 17.0 Å². The van der Waals surface area contributed by atoms with Crippen molar-refractivity contribution in [1.29, 1.82) is 0 Å². The SMILES string of the molecule is COC(=O)c1cc(F)ccc1-n1cc(C[C@@H]2CCN(CC3(C)CCNCC3)C2)c2c(C)cncc21. The van der Waals surface area contributed by atoms with Gasteiger partial charge in [-0.25, -0.2) is 9.18 Å². The van der Waals surface area contributed by atoms with Crippen molar-refractivity contribution in [2.45, 2.75) is 39.5 Å². The summed E-state index contributed by atoms with van der Waals surface area (Å²) in [5.41, 5.74) is 4.50. The van der Waals surface area contributed by atoms with Crippen molar-refractivity contribution in [3.8, 4) is 5.69 Å². The molecule has 0 amide bonds. The second-order valence-electron chi connectivity index (χ2n) is 10.7. The van der Waals surface area contributed by atoms with Crippen LogP contribution in [0.4, 0.5) is 4.39 Å². The van der Waals surface area contributed by atoms with Crippen LogP contribution in [0, 0.1) is 24.1 Å². The zero-order chi connectivity index (χ0) is 24.6. The third-order valence-corrected chi connectivity index (χ3v) is 7.90. The molecule has 2 aromatic heterocycles. The van der Waals surface area contributed by atoms with Crippen molar-refractivity contribution in [2.24, 2.45) is 11.3 Å². The summed E-state index contributed by atoms with van der Waals surface area (Å²) >= 11 is 0. The second kappa shape index (κ2) is 9.70. The van der Waals surface area contributed by atoms with Crippen molar-refractivity contribution in [3.63, 3.8) is 0 Å². The first kappa shape index (κ1) is 23.9. The lowest BCUT2D eigenvalue weighted by Crippen LogP contribution is -2.42. The highest BCUT2D eigenvalue weighted by molar-refractivity contribution is 5.95. The topological polar surface area (TPSA) is 59.4 Å². The number of aromatic nitrogens is 2. The van der Waals surface area contributed by atoms with Crippen LogP contribution in [-0.4, -0.2) is 60.3 Å². The molecule has 35 heavy (non-hydrogen) atoms. The number of likely N-dealkylation sites (tertiary alicyclic amines) is 1. The molecule has 0 spiro atoms. The Balaban J connectivity index is 1.43. The van der Waals surface area contributed by atoms with Gasteiger partial charge in [0.15, 0.2) is 0 Å². The van der Waals surface area contributed by atoms with Gasteiger partial charge in [-0.3, -0.25) is 4.98 Å². The standard InChI is InChI=1S/C28H35FN4O2/c1-19-14-31-15-25-26(19)21(17-33(25)24-5-4-22(29)13-23(24)27(34)35-3)12-20-6-11-32(16-20)18-28(2)7-9-30-10-8-28/h4-5,13-15,17,20,30H,6-12,16,18H2,1-3H3/t20-/m0/s1. The van der Waals surface area contributed by atoms with Gasteiger partial charge in [0.1, 0.15) is 5.82 Å². The van der Waals surface area contributed by atoms with Crippen LogP contribution in [0.1, 0.15) is 47.7 Å². The maximum absolute atomic E-state index is 14.0. The molecule has 3 aromatic rings. The number of carbonyl (C=O) groups is 1. The number of rotatable bonds is 6. The number of carbonyl (C=O) groups excluding carboxylic acids is 1. The molecule has 0 radical (unpaired) electrons. The molecular formula is C28H35FN4O2. The first-order valence-corrected chi connectivity index (χ1v) is 12.6. The summed E-state index contributed by atoms with van der Waals surface area (Å²) in [6.07, 6.45) is 10.5. The summed E-state index contributed by atoms with van der Waals surface area (Å²) in [6, 6.07) is 4.27. The molecule has 2 saturated heterocycles. The summed E-state index contributed by atoms with van der Waals surface area (Å²) in [4.78, 5) is 19.5. The van der Waals surface area contributed by atoms with E-state index < -0.39 is 11.8 Å². The fraction of sp³-hybridized carbons (Fsp3) is 0.500. The van der Waals surface area contributed by atoms with Gasteiger partial charge in [0.2, 0.25) is 0 Å². The minimum atomic E-state index is -0.554. The molecule has 4 heterocycles. The third-order valence-electron chi connectivity index (χ3n) is 7.90. The highest BCUT2D eigenvalue weighted by Gasteiger charge is 2.33. The minimum absolute atomic E-state index is 0.208. The quantitative estimate of drug-likeness (QED) is 0.528. The van der Waals surface area contributed by atoms with Gasteiger partial charge in [-0.15, -0.1) is 0 Å². The van der Waals surface area contributed by atoms with E-state index in [-0.39, 0.29) is 5.56 Å². The number of nitrogens with one attached hydrogen (secondary N) is 1. The third kappa shape index (κ3) is 4.84. The summed E-state index contributed by atoms with van der Waals surface area (Å²) in [5.74, 6) is -0.435. The molecule has 2 fully saturated rings. The number of hydrogen-bond acceptors (Lipinski definition) is 5. The fourth-order valence-electron chi connectivity index (χ4n) is 6.05. The number of piperidine rings is 1. The Morgan fingerprint density at radius 2 is 2.09 bits per heavy atom. The lowest BCUT2D eigenvalue weighted by Gasteiger charge is -2.37. The number of halogens is 1. The van der Waals surface area contributed by atoms with Crippen molar-refractivity contribution in [2.75, 3.05) is 39.8 Å². The van der Waals surface area contributed by atoms with E-state index in [1.165, 1.54) is 56.0 Å². The van der Waals surface area contributed by atoms with E-state index in [1.807, 2.05) is 17.0 Å². The van der Waals surface area contributed by atoms with Crippen molar-refractivity contribution in [3.05, 3.63) is 59.3 Å². The van der Waals surface area contributed by atoms with Crippen LogP contribution in [0.25, 0.3) is 16.6 Å². The molecule has 2 aliphatic rings. The number of hydrogen-bond donors (Lipinski definition) is 1. The van der Waals surface area contributed by atoms with Crippen LogP contribution in [0.2, 0.25) is 0 Å². The molecule has 1 aromatic carbocycles. The maximum atomic E-state index is 14.0. The first-order chi connectivity index (χ1) is 16.9. The predicted molar refractivity (Wildman–Crippen MR) is 136 cm³/mol. The van der Waals surface area contributed by atoms with Gasteiger partial charge in [0, 0.05) is 30.9 Å². The Kier molecular flexibility index (Phi) is 6.64. The zero-order valence-corrected chi connectivity index (χ0v) is 20.9. The van der Waals surface area contributed by atoms with Gasteiger partial charge in [-0.1, -0.05) is 6.92 Å². The van der Waals surface area contributed by atoms with Crippen molar-refractivity contribution in [1.82, 2.24) is 19.8 Å². The van der Waals surface area contributed by atoms with Gasteiger partial charge in [-0.05, 0) is 92.9 Å². The lowest BCUT2D eigenvalue weighted by molar-refractivity contribution is 0.0600. The largest absolute Gasteiger partial charge is 0.465 e. The molecule has 5 rings (SSSR count). The van der Waals surface area contributed by atoms with E-state index >= 15 is 0 Å². The highest BCUT2D eigenvalue weighted by Crippen LogP contribution is 2.34. The van der Waals surface area contributed by atoms with Crippen LogP contribution in [-0.2, 0) is 11.2 Å². The summed E-state index contributed by atoms with van der Waals surface area (Å²) in [6.45, 7) is 10.2. The summed E-state index contributed by atoms with van der Waals surface area (Å²) < 4.78 is 20.9. The fourth-order valence-corrected chi connectivity index (χ4v) is 6.05. The molecule has 6 nitrogen and oxygen atoms in total. The van der Waals surface area contributed by atoms with Gasteiger partial charge >= 0.3 is 5.97 Å². The molecule has 0 aliphatic carbocycles.